The van der Waals surface area contributed by atoms with Gasteiger partial charge in [-0.05, 0) is 31.0 Å². The molecule has 0 saturated heterocycles. The van der Waals surface area contributed by atoms with Gasteiger partial charge in [0.15, 0.2) is 0 Å². The average Bonchev–Trinajstić information content (AvgIpc) is 3.07. The summed E-state index contributed by atoms with van der Waals surface area (Å²) < 4.78 is 5.68. The van der Waals surface area contributed by atoms with Crippen LogP contribution in [0.5, 0.6) is 5.75 Å². The van der Waals surface area contributed by atoms with Gasteiger partial charge in [-0.3, -0.25) is 0 Å². The smallest absolute Gasteiger partial charge is 0.139 e. The van der Waals surface area contributed by atoms with E-state index in [0.29, 0.717) is 18.1 Å². The van der Waals surface area contributed by atoms with E-state index in [1.807, 2.05) is 12.1 Å². The summed E-state index contributed by atoms with van der Waals surface area (Å²) in [4.78, 5) is 0. The first-order valence-corrected chi connectivity index (χ1v) is 5.86. The van der Waals surface area contributed by atoms with Gasteiger partial charge in [0.1, 0.15) is 11.6 Å². The molecule has 1 aromatic rings. The zero-order valence-corrected chi connectivity index (χ0v) is 10.2. The topological polar surface area (TPSA) is 67.8 Å². The van der Waals surface area contributed by atoms with Gasteiger partial charge in [-0.25, -0.2) is 0 Å². The van der Waals surface area contributed by atoms with Crippen molar-refractivity contribution in [2.75, 3.05) is 6.61 Å². The molecule has 17 heavy (non-hydrogen) atoms. The van der Waals surface area contributed by atoms with Gasteiger partial charge in [0.2, 0.25) is 0 Å². The number of halogens is 1. The predicted octanol–water partition coefficient (Wildman–Crippen LogP) is 2.64. The Balaban J connectivity index is 1.90. The van der Waals surface area contributed by atoms with E-state index in [1.54, 1.807) is 12.1 Å². The lowest BCUT2D eigenvalue weighted by molar-refractivity contribution is 0.236. The Morgan fingerprint density at radius 2 is 2.29 bits per heavy atom. The van der Waals surface area contributed by atoms with Crippen LogP contribution in [0.4, 0.5) is 0 Å². The number of nitrogens with zero attached hydrogens (tertiary/aromatic N) is 1. The summed E-state index contributed by atoms with van der Waals surface area (Å²) in [6.45, 7) is 0.573. The fourth-order valence-electron chi connectivity index (χ4n) is 1.76. The monoisotopic (exact) mass is 254 g/mol. The van der Waals surface area contributed by atoms with E-state index in [9.17, 15) is 0 Å². The highest BCUT2D eigenvalue weighted by Gasteiger charge is 2.44. The molecule has 4 nitrogen and oxygen atoms in total. The predicted molar refractivity (Wildman–Crippen MR) is 66.6 cm³/mol. The molecule has 1 fully saturated rings. The van der Waals surface area contributed by atoms with Crippen LogP contribution >= 0.6 is 11.6 Å². The van der Waals surface area contributed by atoms with Crippen LogP contribution in [0.1, 0.15) is 19.3 Å². The fraction of sp³-hybridized carbons (Fsp3) is 0.417. The van der Waals surface area contributed by atoms with Crippen LogP contribution in [0.2, 0.25) is 5.02 Å². The SMILES string of the molecule is NC(CC1(COc2cccc(Cl)c2)CC1)=NO. The summed E-state index contributed by atoms with van der Waals surface area (Å²) in [5.74, 6) is 1.01. The molecule has 3 N–H and O–H groups in total. The zero-order chi connectivity index (χ0) is 12.3. The van der Waals surface area contributed by atoms with Gasteiger partial charge < -0.3 is 15.7 Å². The number of ether oxygens (including phenoxy) is 1. The van der Waals surface area contributed by atoms with E-state index >= 15 is 0 Å². The molecule has 1 aliphatic carbocycles. The van der Waals surface area contributed by atoms with Crippen LogP contribution in [0.15, 0.2) is 29.4 Å². The van der Waals surface area contributed by atoms with Gasteiger partial charge in [0.05, 0.1) is 6.61 Å². The molecule has 0 bridgehead atoms. The molecular formula is C12H15ClN2O2. The quantitative estimate of drug-likeness (QED) is 0.367. The highest BCUT2D eigenvalue weighted by molar-refractivity contribution is 6.30. The van der Waals surface area contributed by atoms with E-state index < -0.39 is 0 Å². The Bertz CT molecular complexity index is 430. The Kier molecular flexibility index (Phi) is 3.43. The van der Waals surface area contributed by atoms with Crippen molar-refractivity contribution < 1.29 is 9.94 Å². The minimum atomic E-state index is 0.0403. The standard InChI is InChI=1S/C12H15ClN2O2/c13-9-2-1-3-10(6-9)17-8-12(4-5-12)7-11(14)15-16/h1-3,6,16H,4-5,7-8H2,(H2,14,15). The number of hydrogen-bond donors (Lipinski definition) is 2. The molecule has 0 radical (unpaired) electrons. The van der Waals surface area contributed by atoms with Crippen LogP contribution < -0.4 is 10.5 Å². The molecule has 0 amide bonds. The second-order valence-corrected chi connectivity index (χ2v) is 4.95. The average molecular weight is 255 g/mol. The summed E-state index contributed by atoms with van der Waals surface area (Å²) in [5.41, 5.74) is 5.56. The van der Waals surface area contributed by atoms with Gasteiger partial charge >= 0.3 is 0 Å². The van der Waals surface area contributed by atoms with Crippen molar-refractivity contribution in [3.05, 3.63) is 29.3 Å². The summed E-state index contributed by atoms with van der Waals surface area (Å²) >= 11 is 5.87. The molecule has 0 unspecified atom stereocenters. The van der Waals surface area contributed by atoms with Crippen LogP contribution in [-0.2, 0) is 0 Å². The molecule has 0 aliphatic heterocycles. The molecule has 1 aromatic carbocycles. The summed E-state index contributed by atoms with van der Waals surface area (Å²) in [5, 5.41) is 12.2. The third kappa shape index (κ3) is 3.27. The number of benzene rings is 1. The molecular weight excluding hydrogens is 240 g/mol. The van der Waals surface area contributed by atoms with Crippen LogP contribution in [-0.4, -0.2) is 17.6 Å². The maximum Gasteiger partial charge on any atom is 0.139 e. The van der Waals surface area contributed by atoms with Crippen molar-refractivity contribution in [2.24, 2.45) is 16.3 Å². The third-order valence-corrected chi connectivity index (χ3v) is 3.22. The summed E-state index contributed by atoms with van der Waals surface area (Å²) in [7, 11) is 0. The van der Waals surface area contributed by atoms with Gasteiger partial charge in [-0.2, -0.15) is 0 Å². The normalized spacial score (nSPS) is 17.8. The number of hydrogen-bond acceptors (Lipinski definition) is 3. The lowest BCUT2D eigenvalue weighted by Crippen LogP contribution is -2.22. The Labute approximate surface area is 105 Å². The van der Waals surface area contributed by atoms with Crippen LogP contribution in [0.25, 0.3) is 0 Å². The third-order valence-electron chi connectivity index (χ3n) is 2.98. The molecule has 1 aliphatic rings. The van der Waals surface area contributed by atoms with E-state index in [4.69, 9.17) is 27.3 Å². The van der Waals surface area contributed by atoms with Gasteiger partial charge in [0.25, 0.3) is 0 Å². The Hall–Kier alpha value is -1.42. The second kappa shape index (κ2) is 4.84. The molecule has 1 saturated carbocycles. The second-order valence-electron chi connectivity index (χ2n) is 4.51. The summed E-state index contributed by atoms with van der Waals surface area (Å²) in [6, 6.07) is 7.30. The van der Waals surface area contributed by atoms with Crippen molar-refractivity contribution in [2.45, 2.75) is 19.3 Å². The molecule has 0 spiro atoms. The van der Waals surface area contributed by atoms with Crippen LogP contribution in [0.3, 0.4) is 0 Å². The summed E-state index contributed by atoms with van der Waals surface area (Å²) in [6.07, 6.45) is 2.66. The maximum absolute atomic E-state index is 8.55. The van der Waals surface area contributed by atoms with Crippen molar-refractivity contribution in [1.82, 2.24) is 0 Å². The first kappa shape index (κ1) is 12.0. The highest BCUT2D eigenvalue weighted by Crippen LogP contribution is 2.49. The highest BCUT2D eigenvalue weighted by atomic mass is 35.5. The van der Waals surface area contributed by atoms with E-state index in [0.717, 1.165) is 18.6 Å². The largest absolute Gasteiger partial charge is 0.493 e. The number of amidine groups is 1. The molecule has 0 aromatic heterocycles. The van der Waals surface area contributed by atoms with Crippen LogP contribution in [0, 0.1) is 5.41 Å². The molecule has 92 valence electrons. The zero-order valence-electron chi connectivity index (χ0n) is 9.40. The Morgan fingerprint density at radius 1 is 1.53 bits per heavy atom. The fourth-order valence-corrected chi connectivity index (χ4v) is 1.94. The van der Waals surface area contributed by atoms with Crippen molar-refractivity contribution in [1.29, 1.82) is 0 Å². The molecule has 5 heteroatoms. The van der Waals surface area contributed by atoms with E-state index in [2.05, 4.69) is 5.16 Å². The molecule has 0 heterocycles. The lowest BCUT2D eigenvalue weighted by Gasteiger charge is -2.15. The van der Waals surface area contributed by atoms with E-state index in [1.165, 1.54) is 0 Å². The number of rotatable bonds is 5. The minimum Gasteiger partial charge on any atom is -0.493 e. The van der Waals surface area contributed by atoms with E-state index in [-0.39, 0.29) is 11.3 Å². The van der Waals surface area contributed by atoms with Gasteiger partial charge in [-0.1, -0.05) is 22.8 Å². The molecule has 0 atom stereocenters. The Morgan fingerprint density at radius 3 is 2.88 bits per heavy atom. The first-order chi connectivity index (χ1) is 8.13. The van der Waals surface area contributed by atoms with Gasteiger partial charge in [-0.15, -0.1) is 0 Å². The van der Waals surface area contributed by atoms with Crippen molar-refractivity contribution >= 4 is 17.4 Å². The maximum atomic E-state index is 8.55. The van der Waals surface area contributed by atoms with Gasteiger partial charge in [0, 0.05) is 16.9 Å². The van der Waals surface area contributed by atoms with Crippen molar-refractivity contribution in [3.8, 4) is 5.75 Å². The number of oxime groups is 1. The number of nitrogens with two attached hydrogens (primary N) is 1. The minimum absolute atomic E-state index is 0.0403. The molecule has 2 rings (SSSR count). The first-order valence-electron chi connectivity index (χ1n) is 5.48. The lowest BCUT2D eigenvalue weighted by atomic mass is 10.0. The van der Waals surface area contributed by atoms with Crippen molar-refractivity contribution in [3.63, 3.8) is 0 Å².